The molecule has 1 nitrogen and oxygen atoms in total. The highest BCUT2D eigenvalue weighted by Crippen LogP contribution is 2.30. The Morgan fingerprint density at radius 2 is 2.17 bits per heavy atom. The lowest BCUT2D eigenvalue weighted by Gasteiger charge is -2.01. The fraction of sp³-hybridized carbons (Fsp3) is 0.308. The van der Waals surface area contributed by atoms with Gasteiger partial charge in [0.15, 0.2) is 0 Å². The van der Waals surface area contributed by atoms with Crippen LogP contribution in [0.1, 0.15) is 17.1 Å². The predicted molar refractivity (Wildman–Crippen MR) is 84.9 cm³/mol. The second kappa shape index (κ2) is 7.53. The normalized spacial score (nSPS) is 10.8. The lowest BCUT2D eigenvalue weighted by Crippen LogP contribution is -1.87. The highest BCUT2D eigenvalue weighted by Gasteiger charge is 2.04. The Morgan fingerprint density at radius 3 is 2.94 bits per heavy atom. The van der Waals surface area contributed by atoms with Gasteiger partial charge in [-0.3, -0.25) is 0 Å². The van der Waals surface area contributed by atoms with Crippen molar-refractivity contribution >= 4 is 50.6 Å². The summed E-state index contributed by atoms with van der Waals surface area (Å²) in [7, 11) is 0. The van der Waals surface area contributed by atoms with Crippen molar-refractivity contribution in [2.24, 2.45) is 0 Å². The van der Waals surface area contributed by atoms with Crippen LogP contribution in [-0.2, 0) is 12.2 Å². The van der Waals surface area contributed by atoms with E-state index in [9.17, 15) is 0 Å². The molecule has 0 N–H and O–H groups in total. The molecule has 0 fully saturated rings. The van der Waals surface area contributed by atoms with E-state index in [1.165, 1.54) is 15.6 Å². The van der Waals surface area contributed by atoms with Crippen molar-refractivity contribution in [2.45, 2.75) is 23.5 Å². The fourth-order valence-electron chi connectivity index (χ4n) is 1.48. The van der Waals surface area contributed by atoms with Gasteiger partial charge >= 0.3 is 0 Å². The zero-order valence-electron chi connectivity index (χ0n) is 9.73. The molecule has 1 aromatic carbocycles. The van der Waals surface area contributed by atoms with Crippen LogP contribution in [0, 0.1) is 0 Å². The molecule has 0 saturated carbocycles. The van der Waals surface area contributed by atoms with Gasteiger partial charge in [-0.05, 0) is 40.9 Å². The summed E-state index contributed by atoms with van der Waals surface area (Å²) in [5.74, 6) is 1.63. The zero-order valence-corrected chi connectivity index (χ0v) is 13.7. The van der Waals surface area contributed by atoms with Crippen molar-refractivity contribution in [1.29, 1.82) is 0 Å². The lowest BCUT2D eigenvalue weighted by atomic mass is 10.3. The number of nitrogens with zero attached hydrogens (tertiary/aromatic N) is 1. The van der Waals surface area contributed by atoms with Gasteiger partial charge in [-0.25, -0.2) is 4.98 Å². The van der Waals surface area contributed by atoms with Crippen molar-refractivity contribution in [1.82, 2.24) is 4.98 Å². The van der Waals surface area contributed by atoms with Crippen molar-refractivity contribution in [2.75, 3.05) is 5.88 Å². The van der Waals surface area contributed by atoms with Crippen LogP contribution >= 0.6 is 50.6 Å². The number of halogens is 2. The molecule has 18 heavy (non-hydrogen) atoms. The van der Waals surface area contributed by atoms with E-state index in [0.717, 1.165) is 23.1 Å². The summed E-state index contributed by atoms with van der Waals surface area (Å²) in [6.45, 7) is 0. The molecule has 0 atom stereocenters. The molecule has 96 valence electrons. The molecule has 0 saturated heterocycles. The van der Waals surface area contributed by atoms with E-state index in [-0.39, 0.29) is 0 Å². The smallest absolute Gasteiger partial charge is 0.103 e. The third-order valence-electron chi connectivity index (χ3n) is 2.35. The Bertz CT molecular complexity index is 501. The third-order valence-corrected chi connectivity index (χ3v) is 5.74. The van der Waals surface area contributed by atoms with Crippen LogP contribution in [0.25, 0.3) is 0 Å². The van der Waals surface area contributed by atoms with E-state index in [2.05, 4.69) is 44.5 Å². The SMILES string of the molecule is ClCCCc1csc(CSc2ccccc2Br)n1. The minimum atomic E-state index is 0.707. The molecular weight excluding hydrogens is 350 g/mol. The number of hydrogen-bond acceptors (Lipinski definition) is 3. The molecule has 0 aliphatic carbocycles. The Labute approximate surface area is 129 Å². The number of alkyl halides is 1. The quantitative estimate of drug-likeness (QED) is 0.506. The van der Waals surface area contributed by atoms with Crippen LogP contribution in [0.2, 0.25) is 0 Å². The third kappa shape index (κ3) is 4.26. The topological polar surface area (TPSA) is 12.9 Å². The zero-order chi connectivity index (χ0) is 12.8. The minimum absolute atomic E-state index is 0.707. The standard InChI is InChI=1S/C13H13BrClNS2/c14-11-5-1-2-6-12(11)17-9-13-16-10(8-18-13)4-3-7-15/h1-2,5-6,8H,3-4,7,9H2. The van der Waals surface area contributed by atoms with Crippen LogP contribution in [0.3, 0.4) is 0 Å². The molecule has 0 aliphatic heterocycles. The highest BCUT2D eigenvalue weighted by molar-refractivity contribution is 9.10. The van der Waals surface area contributed by atoms with Gasteiger partial charge in [0, 0.05) is 20.6 Å². The minimum Gasteiger partial charge on any atom is -0.245 e. The van der Waals surface area contributed by atoms with Gasteiger partial charge in [-0.15, -0.1) is 34.7 Å². The van der Waals surface area contributed by atoms with Gasteiger partial charge in [0.1, 0.15) is 5.01 Å². The number of benzene rings is 1. The number of rotatable bonds is 6. The van der Waals surface area contributed by atoms with Crippen molar-refractivity contribution in [3.8, 4) is 0 Å². The summed E-state index contributed by atoms with van der Waals surface area (Å²) in [5.41, 5.74) is 1.17. The van der Waals surface area contributed by atoms with Gasteiger partial charge in [-0.2, -0.15) is 0 Å². The van der Waals surface area contributed by atoms with Crippen LogP contribution in [0.4, 0.5) is 0 Å². The van der Waals surface area contributed by atoms with Crippen LogP contribution in [0.15, 0.2) is 39.0 Å². The molecule has 0 bridgehead atoms. The van der Waals surface area contributed by atoms with E-state index in [4.69, 9.17) is 11.6 Å². The Morgan fingerprint density at radius 1 is 1.33 bits per heavy atom. The summed E-state index contributed by atoms with van der Waals surface area (Å²) in [5, 5.41) is 3.32. The monoisotopic (exact) mass is 361 g/mol. The molecule has 1 aromatic heterocycles. The van der Waals surface area contributed by atoms with E-state index in [1.807, 2.05) is 17.8 Å². The largest absolute Gasteiger partial charge is 0.245 e. The van der Waals surface area contributed by atoms with Crippen LogP contribution in [0.5, 0.6) is 0 Å². The van der Waals surface area contributed by atoms with Gasteiger partial charge in [0.2, 0.25) is 0 Å². The first-order chi connectivity index (χ1) is 8.79. The van der Waals surface area contributed by atoms with Crippen LogP contribution < -0.4 is 0 Å². The maximum Gasteiger partial charge on any atom is 0.103 e. The fourth-order valence-corrected chi connectivity index (χ4v) is 4.03. The summed E-state index contributed by atoms with van der Waals surface area (Å²) in [6, 6.07) is 8.27. The number of aryl methyl sites for hydroxylation is 1. The van der Waals surface area contributed by atoms with Gasteiger partial charge < -0.3 is 0 Å². The second-order valence-corrected chi connectivity index (χ2v) is 6.94. The average molecular weight is 363 g/mol. The van der Waals surface area contributed by atoms with Gasteiger partial charge in [-0.1, -0.05) is 12.1 Å². The lowest BCUT2D eigenvalue weighted by molar-refractivity contribution is 0.893. The highest BCUT2D eigenvalue weighted by atomic mass is 79.9. The summed E-state index contributed by atoms with van der Waals surface area (Å²) in [4.78, 5) is 5.88. The van der Waals surface area contributed by atoms with Gasteiger partial charge in [0.05, 0.1) is 11.4 Å². The molecule has 0 amide bonds. The Kier molecular flexibility index (Phi) is 6.02. The molecular formula is C13H13BrClNS2. The summed E-state index contributed by atoms with van der Waals surface area (Å²) >= 11 is 12.8. The molecule has 1 heterocycles. The van der Waals surface area contributed by atoms with Crippen LogP contribution in [-0.4, -0.2) is 10.9 Å². The first kappa shape index (κ1) is 14.4. The number of hydrogen-bond donors (Lipinski definition) is 0. The number of thioether (sulfide) groups is 1. The maximum atomic E-state index is 5.68. The van der Waals surface area contributed by atoms with Crippen molar-refractivity contribution in [3.63, 3.8) is 0 Å². The predicted octanol–water partition coefficient (Wildman–Crippen LogP) is 5.37. The molecule has 0 unspecified atom stereocenters. The van der Waals surface area contributed by atoms with Crippen molar-refractivity contribution in [3.05, 3.63) is 44.8 Å². The molecule has 0 radical (unpaired) electrons. The van der Waals surface area contributed by atoms with E-state index < -0.39 is 0 Å². The number of aromatic nitrogens is 1. The van der Waals surface area contributed by atoms with E-state index in [1.54, 1.807) is 11.3 Å². The molecule has 2 rings (SSSR count). The van der Waals surface area contributed by atoms with Gasteiger partial charge in [0.25, 0.3) is 0 Å². The molecule has 2 aromatic rings. The van der Waals surface area contributed by atoms with E-state index in [0.29, 0.717) is 5.88 Å². The van der Waals surface area contributed by atoms with E-state index >= 15 is 0 Å². The van der Waals surface area contributed by atoms with Crippen molar-refractivity contribution < 1.29 is 0 Å². The summed E-state index contributed by atoms with van der Waals surface area (Å²) in [6.07, 6.45) is 1.99. The molecule has 5 heteroatoms. The Hall–Kier alpha value is -0.0300. The maximum absolute atomic E-state index is 5.68. The molecule has 0 aliphatic rings. The number of thiazole rings is 1. The first-order valence-electron chi connectivity index (χ1n) is 5.66. The second-order valence-electron chi connectivity index (χ2n) is 3.74. The molecule has 0 spiro atoms. The Balaban J connectivity index is 1.90. The first-order valence-corrected chi connectivity index (χ1v) is 8.85. The summed E-state index contributed by atoms with van der Waals surface area (Å²) < 4.78 is 1.15. The average Bonchev–Trinajstić information content (AvgIpc) is 2.83.